The number of nitrogens with zero attached hydrogens (tertiary/aromatic N) is 5. The van der Waals surface area contributed by atoms with Crippen LogP contribution in [-0.4, -0.2) is 108 Å². The Kier molecular flexibility index (Phi) is 9.47. The van der Waals surface area contributed by atoms with Crippen LogP contribution in [0.25, 0.3) is 0 Å². The Balaban J connectivity index is 0.827. The van der Waals surface area contributed by atoms with Gasteiger partial charge in [-0.1, -0.05) is 18.2 Å². The highest BCUT2D eigenvalue weighted by atomic mass is 32.2. The van der Waals surface area contributed by atoms with Crippen LogP contribution in [0.15, 0.2) is 53.6 Å². The van der Waals surface area contributed by atoms with Gasteiger partial charge in [0.05, 0.1) is 27.9 Å². The van der Waals surface area contributed by atoms with Gasteiger partial charge in [-0.3, -0.25) is 43.9 Å². The number of fused-ring (bicyclic) bond motifs is 1. The number of nitrogens with two attached hydrogens (primary N) is 1. The molecule has 2 aromatic carbocycles. The lowest BCUT2D eigenvalue weighted by atomic mass is 9.57. The van der Waals surface area contributed by atoms with Crippen molar-refractivity contribution in [1.82, 2.24) is 30.4 Å². The molecule has 0 radical (unpaired) electrons. The first kappa shape index (κ1) is 37.4. The summed E-state index contributed by atoms with van der Waals surface area (Å²) < 4.78 is 23.8. The Morgan fingerprint density at radius 3 is 2.39 bits per heavy atom. The second kappa shape index (κ2) is 14.2. The topological polar surface area (TPSA) is 222 Å². The van der Waals surface area contributed by atoms with Crippen LogP contribution in [0.5, 0.6) is 0 Å². The molecular formula is C39H42N8O8S. The van der Waals surface area contributed by atoms with Crippen molar-refractivity contribution in [3.05, 3.63) is 82.3 Å². The Labute approximate surface area is 323 Å². The molecule has 3 aromatic rings. The van der Waals surface area contributed by atoms with Crippen molar-refractivity contribution in [2.45, 2.75) is 68.5 Å². The van der Waals surface area contributed by atoms with Gasteiger partial charge in [-0.25, -0.2) is 18.4 Å². The van der Waals surface area contributed by atoms with Crippen LogP contribution in [0.4, 0.5) is 5.82 Å². The lowest BCUT2D eigenvalue weighted by Gasteiger charge is -2.59. The van der Waals surface area contributed by atoms with E-state index in [1.54, 1.807) is 24.3 Å². The molecule has 4 aliphatic heterocycles. The molecule has 56 heavy (non-hydrogen) atoms. The first-order valence-corrected chi connectivity index (χ1v) is 20.6. The zero-order chi connectivity index (χ0) is 39.5. The normalized spacial score (nSPS) is 22.4. The van der Waals surface area contributed by atoms with Crippen molar-refractivity contribution in [2.75, 3.05) is 37.3 Å². The number of nitrogens with one attached hydrogen (secondary N) is 2. The van der Waals surface area contributed by atoms with E-state index in [1.165, 1.54) is 18.3 Å². The smallest absolute Gasteiger partial charge is 0.269 e. The van der Waals surface area contributed by atoms with Crippen LogP contribution >= 0.6 is 0 Å². The van der Waals surface area contributed by atoms with Crippen LogP contribution in [-0.2, 0) is 37.2 Å². The summed E-state index contributed by atoms with van der Waals surface area (Å²) in [4.78, 5) is 90.4. The van der Waals surface area contributed by atoms with E-state index in [1.807, 2.05) is 11.0 Å². The molecular weight excluding hydrogens is 741 g/mol. The first-order chi connectivity index (χ1) is 26.7. The predicted octanol–water partition coefficient (Wildman–Crippen LogP) is 0.968. The minimum absolute atomic E-state index is 0.0386. The second-order valence-corrected chi connectivity index (χ2v) is 17.9. The molecule has 8 rings (SSSR count). The van der Waals surface area contributed by atoms with Crippen molar-refractivity contribution in [2.24, 2.45) is 17.1 Å². The van der Waals surface area contributed by atoms with Gasteiger partial charge in [0.15, 0.2) is 9.84 Å². The summed E-state index contributed by atoms with van der Waals surface area (Å²) in [5.41, 5.74) is 8.28. The second-order valence-electron chi connectivity index (χ2n) is 15.9. The standard InChI is InChI=1S/C39H42N8O8S/c1-56(54,55)26-7-4-22(5-8-26)14-29-33(34(40)49)41-17-31(43-29)46-12-2-3-25(19-46)42-35(50)24-15-39(16-24)20-45(21-39)18-23-6-9-27-28(13-23)38(53)47(37(27)52)30-10-11-32(48)44-36(30)51/h4-9,13,17,24-25,30H,2-3,10-12,14-16,18-21H2,1H3,(H2,40,49)(H,42,50)(H,44,48,51)/t25-,30?/m1/s1. The third-order valence-corrected chi connectivity index (χ3v) is 12.8. The van der Waals surface area contributed by atoms with Gasteiger partial charge in [-0.15, -0.1) is 0 Å². The van der Waals surface area contributed by atoms with E-state index in [9.17, 15) is 37.2 Å². The molecule has 1 saturated carbocycles. The fourth-order valence-electron chi connectivity index (χ4n) is 8.89. The summed E-state index contributed by atoms with van der Waals surface area (Å²) in [6.45, 7) is 3.47. The maximum atomic E-state index is 13.4. The number of imide groups is 2. The molecule has 16 nitrogen and oxygen atoms in total. The summed E-state index contributed by atoms with van der Waals surface area (Å²) in [6, 6.07) is 10.5. The highest BCUT2D eigenvalue weighted by Gasteiger charge is 2.54. The molecule has 6 amide bonds. The summed E-state index contributed by atoms with van der Waals surface area (Å²) in [5.74, 6) is -2.28. The van der Waals surface area contributed by atoms with Crippen molar-refractivity contribution in [3.63, 3.8) is 0 Å². The molecule has 1 aliphatic carbocycles. The number of amides is 6. The fourth-order valence-corrected chi connectivity index (χ4v) is 9.52. The Bertz CT molecular complexity index is 2280. The maximum absolute atomic E-state index is 13.4. The number of aromatic nitrogens is 2. The zero-order valence-corrected chi connectivity index (χ0v) is 31.6. The molecule has 3 saturated heterocycles. The van der Waals surface area contributed by atoms with Crippen LogP contribution in [0.2, 0.25) is 0 Å². The van der Waals surface area contributed by atoms with E-state index in [4.69, 9.17) is 10.7 Å². The SMILES string of the molecule is CS(=O)(=O)c1ccc(Cc2nc(N3CCC[C@@H](NC(=O)C4CC5(C4)CN(Cc4ccc6c(c4)C(=O)N(C4CCC(=O)NC4=O)C6=O)C5)C3)cnc2C(N)=O)cc1. The van der Waals surface area contributed by atoms with E-state index < -0.39 is 45.4 Å². The first-order valence-electron chi connectivity index (χ1n) is 18.7. The monoisotopic (exact) mass is 782 g/mol. The number of carbonyl (C=O) groups excluding carboxylic acids is 6. The molecule has 4 N–H and O–H groups in total. The molecule has 1 aromatic heterocycles. The van der Waals surface area contributed by atoms with Gasteiger partial charge in [0.25, 0.3) is 17.7 Å². The number of primary amides is 1. The minimum Gasteiger partial charge on any atom is -0.364 e. The van der Waals surface area contributed by atoms with Crippen molar-refractivity contribution in [3.8, 4) is 0 Å². The summed E-state index contributed by atoms with van der Waals surface area (Å²) in [7, 11) is -3.35. The molecule has 1 spiro atoms. The third kappa shape index (κ3) is 7.16. The van der Waals surface area contributed by atoms with E-state index in [0.717, 1.165) is 61.1 Å². The third-order valence-electron chi connectivity index (χ3n) is 11.6. The molecule has 5 heterocycles. The van der Waals surface area contributed by atoms with Gasteiger partial charge in [-0.2, -0.15) is 0 Å². The number of hydrogen-bond acceptors (Lipinski definition) is 12. The molecule has 5 aliphatic rings. The Morgan fingerprint density at radius 1 is 0.982 bits per heavy atom. The number of rotatable bonds is 10. The number of benzene rings is 2. The minimum atomic E-state index is -3.35. The van der Waals surface area contributed by atoms with Crippen molar-refractivity contribution in [1.29, 1.82) is 0 Å². The highest BCUT2D eigenvalue weighted by molar-refractivity contribution is 7.90. The van der Waals surface area contributed by atoms with Crippen LogP contribution in [0.1, 0.15) is 86.6 Å². The average molecular weight is 783 g/mol. The predicted molar refractivity (Wildman–Crippen MR) is 200 cm³/mol. The van der Waals surface area contributed by atoms with E-state index in [2.05, 4.69) is 20.5 Å². The lowest BCUT2D eigenvalue weighted by Crippen LogP contribution is -2.64. The van der Waals surface area contributed by atoms with Crippen LogP contribution in [0.3, 0.4) is 0 Å². The van der Waals surface area contributed by atoms with E-state index >= 15 is 0 Å². The Morgan fingerprint density at radius 2 is 1.70 bits per heavy atom. The van der Waals surface area contributed by atoms with Gasteiger partial charge in [0, 0.05) is 63.8 Å². The van der Waals surface area contributed by atoms with Gasteiger partial charge < -0.3 is 16.0 Å². The van der Waals surface area contributed by atoms with Gasteiger partial charge in [0.1, 0.15) is 17.6 Å². The van der Waals surface area contributed by atoms with Gasteiger partial charge >= 0.3 is 0 Å². The van der Waals surface area contributed by atoms with E-state index in [-0.39, 0.29) is 64.3 Å². The van der Waals surface area contributed by atoms with Crippen LogP contribution in [0, 0.1) is 11.3 Å². The largest absolute Gasteiger partial charge is 0.364 e. The number of hydrogen-bond donors (Lipinski definition) is 3. The van der Waals surface area contributed by atoms with Crippen molar-refractivity contribution >= 4 is 51.1 Å². The highest BCUT2D eigenvalue weighted by Crippen LogP contribution is 2.52. The molecule has 292 valence electrons. The quantitative estimate of drug-likeness (QED) is 0.245. The molecule has 2 atom stereocenters. The lowest BCUT2D eigenvalue weighted by molar-refractivity contribution is -0.146. The number of piperidine rings is 2. The van der Waals surface area contributed by atoms with E-state index in [0.29, 0.717) is 31.1 Å². The number of anilines is 1. The van der Waals surface area contributed by atoms with Gasteiger partial charge in [-0.05, 0) is 72.9 Å². The summed E-state index contributed by atoms with van der Waals surface area (Å²) in [5, 5.41) is 5.47. The zero-order valence-electron chi connectivity index (χ0n) is 30.8. The molecule has 1 unspecified atom stereocenters. The maximum Gasteiger partial charge on any atom is 0.269 e. The fraction of sp³-hybridized carbons (Fsp3) is 0.436. The number of carbonyl (C=O) groups is 6. The summed E-state index contributed by atoms with van der Waals surface area (Å²) >= 11 is 0. The van der Waals surface area contributed by atoms with Crippen LogP contribution < -0.4 is 21.3 Å². The number of sulfone groups is 1. The summed E-state index contributed by atoms with van der Waals surface area (Å²) in [6.07, 6.45) is 6.30. The molecule has 17 heteroatoms. The Hall–Kier alpha value is -5.55. The molecule has 0 bridgehead atoms. The number of likely N-dealkylation sites (tertiary alicyclic amines) is 1. The average Bonchev–Trinajstić information content (AvgIpc) is 3.36. The van der Waals surface area contributed by atoms with Crippen molar-refractivity contribution < 1.29 is 37.2 Å². The molecule has 4 fully saturated rings. The van der Waals surface area contributed by atoms with Gasteiger partial charge in [0.2, 0.25) is 17.7 Å².